The van der Waals surface area contributed by atoms with Crippen molar-refractivity contribution in [3.05, 3.63) is 23.3 Å². The molecule has 2 rings (SSSR count). The Kier molecular flexibility index (Phi) is 3.11. The number of rotatable bonds is 3. The first-order valence-electron chi connectivity index (χ1n) is 5.94. The predicted molar refractivity (Wildman–Crippen MR) is 66.6 cm³/mol. The smallest absolute Gasteiger partial charge is 0.255 e. The van der Waals surface area contributed by atoms with Crippen LogP contribution in [0.25, 0.3) is 5.78 Å². The summed E-state index contributed by atoms with van der Waals surface area (Å²) in [6, 6.07) is 1.93. The van der Waals surface area contributed by atoms with Crippen LogP contribution < -0.4 is 5.73 Å². The molecule has 0 aliphatic carbocycles. The molecule has 0 fully saturated rings. The van der Waals surface area contributed by atoms with Gasteiger partial charge in [-0.3, -0.25) is 4.40 Å². The molecule has 5 nitrogen and oxygen atoms in total. The summed E-state index contributed by atoms with van der Waals surface area (Å²) in [5, 5.41) is 8.27. The van der Waals surface area contributed by atoms with Gasteiger partial charge in [0, 0.05) is 11.4 Å². The lowest BCUT2D eigenvalue weighted by atomic mass is 10.0. The van der Waals surface area contributed by atoms with Crippen LogP contribution in [0.15, 0.2) is 6.07 Å². The molecule has 0 bridgehead atoms. The van der Waals surface area contributed by atoms with E-state index in [0.29, 0.717) is 11.7 Å². The maximum atomic E-state index is 6.16. The maximum Gasteiger partial charge on any atom is 0.255 e. The van der Waals surface area contributed by atoms with Crippen LogP contribution in [0.4, 0.5) is 0 Å². The third-order valence-electron chi connectivity index (χ3n) is 2.77. The van der Waals surface area contributed by atoms with E-state index in [1.54, 1.807) is 0 Å². The molecule has 17 heavy (non-hydrogen) atoms. The second-order valence-corrected chi connectivity index (χ2v) is 4.97. The number of aryl methyl sites for hydroxylation is 2. The molecule has 2 aromatic rings. The summed E-state index contributed by atoms with van der Waals surface area (Å²) in [4.78, 5) is 4.35. The van der Waals surface area contributed by atoms with Gasteiger partial charge in [-0.1, -0.05) is 13.8 Å². The molecule has 2 N–H and O–H groups in total. The van der Waals surface area contributed by atoms with Crippen molar-refractivity contribution in [2.75, 3.05) is 0 Å². The largest absolute Gasteiger partial charge is 0.321 e. The Labute approximate surface area is 101 Å². The molecule has 92 valence electrons. The van der Waals surface area contributed by atoms with Crippen molar-refractivity contribution in [2.24, 2.45) is 11.7 Å². The molecule has 0 aliphatic rings. The molecular formula is C12H19N5. The summed E-state index contributed by atoms with van der Waals surface area (Å²) in [6.45, 7) is 8.28. The lowest BCUT2D eigenvalue weighted by Crippen LogP contribution is -2.17. The van der Waals surface area contributed by atoms with Crippen LogP contribution in [0.5, 0.6) is 0 Å². The van der Waals surface area contributed by atoms with Crippen LogP contribution in [0.2, 0.25) is 0 Å². The van der Waals surface area contributed by atoms with E-state index < -0.39 is 0 Å². The van der Waals surface area contributed by atoms with Crippen molar-refractivity contribution in [1.29, 1.82) is 0 Å². The highest BCUT2D eigenvalue weighted by Gasteiger charge is 2.17. The van der Waals surface area contributed by atoms with Gasteiger partial charge in [0.05, 0.1) is 6.04 Å². The third-order valence-corrected chi connectivity index (χ3v) is 2.77. The number of nitrogens with zero attached hydrogens (tertiary/aromatic N) is 4. The standard InChI is InChI=1S/C12H19N5/c1-7(2)5-10(13)11-15-16-12-14-8(3)6-9(4)17(11)12/h6-7,10H,5,13H2,1-4H3. The van der Waals surface area contributed by atoms with E-state index in [9.17, 15) is 0 Å². The number of fused-ring (bicyclic) bond motifs is 1. The molecule has 0 aliphatic heterocycles. The normalized spacial score (nSPS) is 13.5. The van der Waals surface area contributed by atoms with Crippen LogP contribution in [0.3, 0.4) is 0 Å². The van der Waals surface area contributed by atoms with Crippen LogP contribution in [-0.4, -0.2) is 19.6 Å². The highest BCUT2D eigenvalue weighted by atomic mass is 15.3. The molecule has 0 saturated heterocycles. The van der Waals surface area contributed by atoms with Crippen molar-refractivity contribution in [2.45, 2.75) is 40.2 Å². The summed E-state index contributed by atoms with van der Waals surface area (Å²) in [5.41, 5.74) is 8.19. The van der Waals surface area contributed by atoms with Crippen LogP contribution in [0.1, 0.15) is 43.5 Å². The number of hydrogen-bond acceptors (Lipinski definition) is 4. The molecule has 2 aromatic heterocycles. The second-order valence-electron chi connectivity index (χ2n) is 4.97. The molecule has 2 heterocycles. The van der Waals surface area contributed by atoms with Gasteiger partial charge in [0.15, 0.2) is 5.82 Å². The van der Waals surface area contributed by atoms with Crippen molar-refractivity contribution in [3.8, 4) is 0 Å². The maximum absolute atomic E-state index is 6.16. The Morgan fingerprint density at radius 3 is 2.65 bits per heavy atom. The molecule has 0 saturated carbocycles. The molecule has 0 spiro atoms. The Hall–Kier alpha value is -1.49. The zero-order valence-electron chi connectivity index (χ0n) is 10.8. The summed E-state index contributed by atoms with van der Waals surface area (Å²) in [7, 11) is 0. The van der Waals surface area contributed by atoms with Gasteiger partial charge in [-0.15, -0.1) is 10.2 Å². The van der Waals surface area contributed by atoms with Gasteiger partial charge < -0.3 is 5.73 Å². The summed E-state index contributed by atoms with van der Waals surface area (Å²) in [5.74, 6) is 1.98. The minimum absolute atomic E-state index is 0.0896. The fourth-order valence-electron chi connectivity index (χ4n) is 2.11. The molecule has 0 amide bonds. The summed E-state index contributed by atoms with van der Waals surface area (Å²) < 4.78 is 1.94. The van der Waals surface area contributed by atoms with Gasteiger partial charge in [-0.05, 0) is 32.3 Å². The van der Waals surface area contributed by atoms with Gasteiger partial charge >= 0.3 is 0 Å². The van der Waals surface area contributed by atoms with Gasteiger partial charge in [0.25, 0.3) is 5.78 Å². The topological polar surface area (TPSA) is 69.1 Å². The average molecular weight is 233 g/mol. The van der Waals surface area contributed by atoms with E-state index in [1.807, 2.05) is 24.3 Å². The monoisotopic (exact) mass is 233 g/mol. The van der Waals surface area contributed by atoms with Gasteiger partial charge in [-0.25, -0.2) is 4.98 Å². The van der Waals surface area contributed by atoms with Crippen molar-refractivity contribution in [3.63, 3.8) is 0 Å². The van der Waals surface area contributed by atoms with Gasteiger partial charge in [0.1, 0.15) is 0 Å². The molecule has 1 unspecified atom stereocenters. The lowest BCUT2D eigenvalue weighted by Gasteiger charge is -2.13. The molecule has 0 radical (unpaired) electrons. The quantitative estimate of drug-likeness (QED) is 0.877. The van der Waals surface area contributed by atoms with E-state index in [0.717, 1.165) is 23.6 Å². The Morgan fingerprint density at radius 2 is 2.00 bits per heavy atom. The SMILES string of the molecule is Cc1cc(C)n2c(C(N)CC(C)C)nnc2n1. The van der Waals surface area contributed by atoms with Crippen LogP contribution >= 0.6 is 0 Å². The average Bonchev–Trinajstić information content (AvgIpc) is 2.59. The van der Waals surface area contributed by atoms with E-state index in [2.05, 4.69) is 29.0 Å². The first kappa shape index (κ1) is 12.0. The highest BCUT2D eigenvalue weighted by molar-refractivity contribution is 5.33. The molecule has 5 heteroatoms. The first-order valence-corrected chi connectivity index (χ1v) is 5.94. The zero-order valence-corrected chi connectivity index (χ0v) is 10.8. The fourth-order valence-corrected chi connectivity index (χ4v) is 2.11. The molecule has 0 aromatic carbocycles. The van der Waals surface area contributed by atoms with Crippen LogP contribution in [-0.2, 0) is 0 Å². The minimum atomic E-state index is -0.0896. The van der Waals surface area contributed by atoms with E-state index in [1.165, 1.54) is 0 Å². The second kappa shape index (κ2) is 4.41. The number of aromatic nitrogens is 4. The lowest BCUT2D eigenvalue weighted by molar-refractivity contribution is 0.489. The molecular weight excluding hydrogens is 214 g/mol. The van der Waals surface area contributed by atoms with Crippen LogP contribution in [0, 0.1) is 19.8 Å². The van der Waals surface area contributed by atoms with Crippen molar-refractivity contribution < 1.29 is 0 Å². The fraction of sp³-hybridized carbons (Fsp3) is 0.583. The number of hydrogen-bond donors (Lipinski definition) is 1. The number of nitrogens with two attached hydrogens (primary N) is 1. The van der Waals surface area contributed by atoms with Crippen molar-refractivity contribution in [1.82, 2.24) is 19.6 Å². The van der Waals surface area contributed by atoms with E-state index in [-0.39, 0.29) is 6.04 Å². The summed E-state index contributed by atoms with van der Waals surface area (Å²) in [6.07, 6.45) is 0.897. The Bertz CT molecular complexity index is 529. The highest BCUT2D eigenvalue weighted by Crippen LogP contribution is 2.18. The zero-order chi connectivity index (χ0) is 12.6. The third kappa shape index (κ3) is 2.29. The van der Waals surface area contributed by atoms with E-state index >= 15 is 0 Å². The Balaban J connectivity index is 2.49. The minimum Gasteiger partial charge on any atom is -0.321 e. The Morgan fingerprint density at radius 1 is 1.29 bits per heavy atom. The first-order chi connectivity index (χ1) is 7.99. The summed E-state index contributed by atoms with van der Waals surface area (Å²) >= 11 is 0. The molecule has 1 atom stereocenters. The van der Waals surface area contributed by atoms with Gasteiger partial charge in [-0.2, -0.15) is 0 Å². The predicted octanol–water partition coefficient (Wildman–Crippen LogP) is 1.79. The van der Waals surface area contributed by atoms with Crippen molar-refractivity contribution >= 4 is 5.78 Å². The van der Waals surface area contributed by atoms with Gasteiger partial charge in [0.2, 0.25) is 0 Å². The van der Waals surface area contributed by atoms with E-state index in [4.69, 9.17) is 5.73 Å².